The van der Waals surface area contributed by atoms with E-state index in [0.29, 0.717) is 15.0 Å². The number of fused-ring (bicyclic) bond motifs is 1. The molecule has 0 radical (unpaired) electrons. The molecule has 0 spiro atoms. The maximum absolute atomic E-state index is 4.48. The van der Waals surface area contributed by atoms with Crippen LogP contribution in [0.15, 0.2) is 96.0 Å². The van der Waals surface area contributed by atoms with Crippen LogP contribution in [0.2, 0.25) is 0 Å². The van der Waals surface area contributed by atoms with E-state index in [0.717, 1.165) is 0 Å². The van der Waals surface area contributed by atoms with Crippen LogP contribution in [-0.2, 0) is 0 Å². The van der Waals surface area contributed by atoms with Crippen molar-refractivity contribution in [3.8, 4) is 0 Å². The molecular formula is C22H16Se2. The summed E-state index contributed by atoms with van der Waals surface area (Å²) >= 11 is 0.601. The van der Waals surface area contributed by atoms with E-state index in [1.54, 1.807) is 0 Å². The van der Waals surface area contributed by atoms with Crippen LogP contribution in [0, 0.1) is 0 Å². The van der Waals surface area contributed by atoms with Crippen molar-refractivity contribution in [2.45, 2.75) is 0 Å². The van der Waals surface area contributed by atoms with Gasteiger partial charge < -0.3 is 0 Å². The summed E-state index contributed by atoms with van der Waals surface area (Å²) in [6.45, 7) is 4.48. The van der Waals surface area contributed by atoms with E-state index in [4.69, 9.17) is 0 Å². The van der Waals surface area contributed by atoms with Gasteiger partial charge in [0.25, 0.3) is 0 Å². The van der Waals surface area contributed by atoms with Crippen LogP contribution in [0.25, 0.3) is 10.0 Å². The standard InChI is InChI=1S/C22H16Se2/c1-16-19-14-8-9-15-20(19)24-22(17-10-4-2-5-11-17)21(16)23-18-12-6-3-7-13-18/h2-15H,1H2. The topological polar surface area (TPSA) is 0 Å². The molecule has 0 unspecified atom stereocenters. The van der Waals surface area contributed by atoms with Crippen LogP contribution in [-0.4, -0.2) is 29.9 Å². The van der Waals surface area contributed by atoms with Gasteiger partial charge in [-0.3, -0.25) is 0 Å². The average Bonchev–Trinajstić information content (AvgIpc) is 2.65. The molecule has 116 valence electrons. The Bertz CT molecular complexity index is 909. The number of allylic oxidation sites excluding steroid dienone is 2. The number of rotatable bonds is 3. The van der Waals surface area contributed by atoms with Crippen LogP contribution >= 0.6 is 0 Å². The molecule has 0 saturated carbocycles. The van der Waals surface area contributed by atoms with E-state index in [2.05, 4.69) is 91.5 Å². The van der Waals surface area contributed by atoms with Crippen molar-refractivity contribution in [3.05, 3.63) is 107 Å². The van der Waals surface area contributed by atoms with Crippen molar-refractivity contribution >= 4 is 48.9 Å². The van der Waals surface area contributed by atoms with E-state index in [1.165, 1.54) is 34.6 Å². The van der Waals surface area contributed by atoms with Gasteiger partial charge in [-0.2, -0.15) is 0 Å². The summed E-state index contributed by atoms with van der Waals surface area (Å²) in [6, 6.07) is 30.4. The summed E-state index contributed by atoms with van der Waals surface area (Å²) < 4.78 is 5.81. The van der Waals surface area contributed by atoms with Gasteiger partial charge in [-0.1, -0.05) is 0 Å². The molecule has 3 aromatic rings. The third-order valence-electron chi connectivity index (χ3n) is 3.90. The van der Waals surface area contributed by atoms with Crippen LogP contribution < -0.4 is 8.92 Å². The minimum atomic E-state index is 0.277. The third-order valence-corrected chi connectivity index (χ3v) is 9.56. The Morgan fingerprint density at radius 3 is 2.08 bits per heavy atom. The molecule has 24 heavy (non-hydrogen) atoms. The van der Waals surface area contributed by atoms with Gasteiger partial charge in [0.05, 0.1) is 0 Å². The molecule has 0 aromatic heterocycles. The van der Waals surface area contributed by atoms with E-state index in [9.17, 15) is 0 Å². The van der Waals surface area contributed by atoms with Crippen LogP contribution in [0.1, 0.15) is 11.1 Å². The second-order valence-corrected chi connectivity index (χ2v) is 10.00. The molecule has 0 saturated heterocycles. The maximum atomic E-state index is 4.48. The molecule has 1 heterocycles. The molecule has 2 heteroatoms. The van der Waals surface area contributed by atoms with Gasteiger partial charge in [-0.25, -0.2) is 0 Å². The van der Waals surface area contributed by atoms with Crippen molar-refractivity contribution in [2.24, 2.45) is 0 Å². The number of hydrogen-bond acceptors (Lipinski definition) is 0. The molecule has 0 fully saturated rings. The monoisotopic (exact) mass is 440 g/mol. The Labute approximate surface area is 155 Å². The molecule has 0 amide bonds. The van der Waals surface area contributed by atoms with E-state index >= 15 is 0 Å². The van der Waals surface area contributed by atoms with Gasteiger partial charge >= 0.3 is 156 Å². The molecule has 1 aliphatic heterocycles. The first-order valence-corrected chi connectivity index (χ1v) is 11.2. The zero-order chi connectivity index (χ0) is 16.4. The first kappa shape index (κ1) is 15.7. The summed E-state index contributed by atoms with van der Waals surface area (Å²) in [5.41, 5.74) is 3.90. The molecular weight excluding hydrogens is 422 g/mol. The van der Waals surface area contributed by atoms with E-state index in [1.807, 2.05) is 0 Å². The summed E-state index contributed by atoms with van der Waals surface area (Å²) in [5, 5.41) is 0. The summed E-state index contributed by atoms with van der Waals surface area (Å²) in [6.07, 6.45) is 0. The quantitative estimate of drug-likeness (QED) is 0.550. The minimum absolute atomic E-state index is 0.277. The molecule has 1 aliphatic rings. The fraction of sp³-hybridized carbons (Fsp3) is 0. The molecule has 4 rings (SSSR count). The predicted molar refractivity (Wildman–Crippen MR) is 106 cm³/mol. The molecule has 0 atom stereocenters. The molecule has 0 N–H and O–H groups in total. The molecule has 0 nitrogen and oxygen atoms in total. The van der Waals surface area contributed by atoms with Gasteiger partial charge in [0.15, 0.2) is 0 Å². The SMILES string of the molecule is C=C1C([Se]c2ccccc2)=C(c2ccccc2)[Se]c2ccccc21. The van der Waals surface area contributed by atoms with Crippen molar-refractivity contribution < 1.29 is 0 Å². The summed E-state index contributed by atoms with van der Waals surface area (Å²) in [4.78, 5) is 0. The van der Waals surface area contributed by atoms with Crippen molar-refractivity contribution in [3.63, 3.8) is 0 Å². The Morgan fingerprint density at radius 2 is 1.33 bits per heavy atom. The van der Waals surface area contributed by atoms with Crippen molar-refractivity contribution in [2.75, 3.05) is 0 Å². The third kappa shape index (κ3) is 3.07. The van der Waals surface area contributed by atoms with Gasteiger partial charge in [-0.05, 0) is 0 Å². The fourth-order valence-corrected chi connectivity index (χ4v) is 8.05. The van der Waals surface area contributed by atoms with E-state index < -0.39 is 0 Å². The number of benzene rings is 3. The first-order chi connectivity index (χ1) is 11.8. The predicted octanol–water partition coefficient (Wildman–Crippen LogP) is 3.44. The normalized spacial score (nSPS) is 13.8. The molecule has 3 aromatic carbocycles. The zero-order valence-electron chi connectivity index (χ0n) is 13.1. The summed E-state index contributed by atoms with van der Waals surface area (Å²) in [7, 11) is 0. The van der Waals surface area contributed by atoms with Gasteiger partial charge in [0, 0.05) is 0 Å². The zero-order valence-corrected chi connectivity index (χ0v) is 16.5. The van der Waals surface area contributed by atoms with Crippen LogP contribution in [0.4, 0.5) is 0 Å². The van der Waals surface area contributed by atoms with E-state index in [-0.39, 0.29) is 15.0 Å². The number of hydrogen-bond donors (Lipinski definition) is 0. The second kappa shape index (κ2) is 6.97. The Hall–Kier alpha value is -1.82. The Balaban J connectivity index is 1.85. The van der Waals surface area contributed by atoms with Gasteiger partial charge in [-0.15, -0.1) is 0 Å². The molecule has 0 aliphatic carbocycles. The van der Waals surface area contributed by atoms with Crippen molar-refractivity contribution in [1.29, 1.82) is 0 Å². The molecule has 0 bridgehead atoms. The first-order valence-electron chi connectivity index (χ1n) is 7.82. The van der Waals surface area contributed by atoms with Gasteiger partial charge in [0.2, 0.25) is 0 Å². The Kier molecular flexibility index (Phi) is 4.56. The van der Waals surface area contributed by atoms with Gasteiger partial charge in [0.1, 0.15) is 0 Å². The second-order valence-electron chi connectivity index (χ2n) is 5.52. The van der Waals surface area contributed by atoms with Crippen molar-refractivity contribution in [1.82, 2.24) is 0 Å². The van der Waals surface area contributed by atoms with Crippen LogP contribution in [0.3, 0.4) is 0 Å². The fourth-order valence-electron chi connectivity index (χ4n) is 2.71. The Morgan fingerprint density at radius 1 is 0.708 bits per heavy atom. The summed E-state index contributed by atoms with van der Waals surface area (Å²) in [5.74, 6) is 0. The van der Waals surface area contributed by atoms with Crippen LogP contribution in [0.5, 0.6) is 0 Å². The average molecular weight is 438 g/mol.